The second-order valence-corrected chi connectivity index (χ2v) is 8.34. The fourth-order valence-corrected chi connectivity index (χ4v) is 3.50. The second-order valence-electron chi connectivity index (χ2n) is 4.71. The molecule has 0 unspecified atom stereocenters. The third-order valence-electron chi connectivity index (χ3n) is 2.08. The monoisotopic (exact) mass is 358 g/mol. The van der Waals surface area contributed by atoms with Gasteiger partial charge in [0, 0.05) is 22.2 Å². The Morgan fingerprint density at radius 2 is 2.06 bits per heavy atom. The zero-order valence-corrected chi connectivity index (χ0v) is 13.1. The normalized spacial score (nSPS) is 12.5. The molecule has 0 N–H and O–H groups in total. The number of ether oxygens (including phenoxy) is 1. The summed E-state index contributed by atoms with van der Waals surface area (Å²) in [4.78, 5) is 0. The van der Waals surface area contributed by atoms with Crippen molar-refractivity contribution in [3.63, 3.8) is 0 Å². The molecule has 0 heterocycles. The molecule has 0 fully saturated rings. The van der Waals surface area contributed by atoms with E-state index in [4.69, 9.17) is 15.4 Å². The Labute approximate surface area is 119 Å². The summed E-state index contributed by atoms with van der Waals surface area (Å²) in [5.41, 5.74) is -0.649. The van der Waals surface area contributed by atoms with Crippen molar-refractivity contribution in [2.24, 2.45) is 5.41 Å². The van der Waals surface area contributed by atoms with Gasteiger partial charge in [-0.3, -0.25) is 0 Å². The van der Waals surface area contributed by atoms with Gasteiger partial charge in [-0.2, -0.15) is 0 Å². The fraction of sp³-hybridized carbons (Fsp3) is 0.455. The van der Waals surface area contributed by atoms with Crippen molar-refractivity contribution in [1.29, 1.82) is 0 Å². The molecule has 1 rings (SSSR count). The first-order valence-electron chi connectivity index (χ1n) is 5.09. The molecule has 102 valence electrons. The second kappa shape index (κ2) is 5.75. The van der Waals surface area contributed by atoms with Crippen molar-refractivity contribution in [2.45, 2.75) is 13.8 Å². The average molecular weight is 360 g/mol. The summed E-state index contributed by atoms with van der Waals surface area (Å²) in [5.74, 6) is -0.299. The molecule has 7 heteroatoms. The topological polar surface area (TPSA) is 43.4 Å². The van der Waals surface area contributed by atoms with E-state index in [1.807, 2.05) is 0 Å². The van der Waals surface area contributed by atoms with Crippen LogP contribution in [0.3, 0.4) is 0 Å². The van der Waals surface area contributed by atoms with Gasteiger partial charge in [-0.1, -0.05) is 13.8 Å². The molecular weight excluding hydrogens is 347 g/mol. The van der Waals surface area contributed by atoms with Crippen LogP contribution in [0.1, 0.15) is 13.8 Å². The van der Waals surface area contributed by atoms with Gasteiger partial charge in [0.25, 0.3) is 0 Å². The zero-order valence-electron chi connectivity index (χ0n) is 9.91. The summed E-state index contributed by atoms with van der Waals surface area (Å²) in [6.45, 7) is 3.55. The Balaban J connectivity index is 2.67. The van der Waals surface area contributed by atoms with Crippen LogP contribution in [0.2, 0.25) is 0 Å². The molecule has 0 radical (unpaired) electrons. The van der Waals surface area contributed by atoms with E-state index in [1.54, 1.807) is 19.9 Å². The van der Waals surface area contributed by atoms with Gasteiger partial charge < -0.3 is 4.74 Å². The Bertz CT molecular complexity index is 531. The zero-order chi connectivity index (χ0) is 14.0. The van der Waals surface area contributed by atoms with Crippen LogP contribution in [-0.2, 0) is 9.05 Å². The van der Waals surface area contributed by atoms with E-state index in [2.05, 4.69) is 15.9 Å². The summed E-state index contributed by atoms with van der Waals surface area (Å²) in [7, 11) is 1.61. The molecule has 0 bridgehead atoms. The van der Waals surface area contributed by atoms with Crippen molar-refractivity contribution in [2.75, 3.05) is 12.4 Å². The Hall–Kier alpha value is -0.330. The van der Waals surface area contributed by atoms with Crippen molar-refractivity contribution < 1.29 is 17.5 Å². The molecule has 0 atom stereocenters. The minimum Gasteiger partial charge on any atom is -0.493 e. The molecule has 1 aromatic rings. The van der Waals surface area contributed by atoms with Crippen LogP contribution in [0.4, 0.5) is 4.39 Å². The summed E-state index contributed by atoms with van der Waals surface area (Å²) in [6.07, 6.45) is 0. The first-order valence-corrected chi connectivity index (χ1v) is 8.36. The van der Waals surface area contributed by atoms with Gasteiger partial charge in [0.1, 0.15) is 11.6 Å². The molecule has 0 aliphatic carbocycles. The summed E-state index contributed by atoms with van der Waals surface area (Å²) < 4.78 is 40.9. The predicted octanol–water partition coefficient (Wildman–Crippen LogP) is 3.56. The third kappa shape index (κ3) is 5.54. The summed E-state index contributed by atoms with van der Waals surface area (Å²) in [5, 5.41) is 0. The van der Waals surface area contributed by atoms with Crippen molar-refractivity contribution in [3.05, 3.63) is 28.5 Å². The van der Waals surface area contributed by atoms with Crippen molar-refractivity contribution in [3.8, 4) is 5.75 Å². The number of hydrogen-bond acceptors (Lipinski definition) is 3. The Morgan fingerprint density at radius 1 is 1.44 bits per heavy atom. The quantitative estimate of drug-likeness (QED) is 0.755. The fourth-order valence-electron chi connectivity index (χ4n) is 1.35. The first kappa shape index (κ1) is 15.7. The molecule has 0 aromatic heterocycles. The van der Waals surface area contributed by atoms with E-state index in [-0.39, 0.29) is 12.4 Å². The van der Waals surface area contributed by atoms with Crippen LogP contribution in [-0.4, -0.2) is 20.8 Å². The highest BCUT2D eigenvalue weighted by molar-refractivity contribution is 9.10. The van der Waals surface area contributed by atoms with Crippen LogP contribution in [0.15, 0.2) is 22.7 Å². The van der Waals surface area contributed by atoms with Crippen LogP contribution in [0.25, 0.3) is 0 Å². The molecular formula is C11H13BrClFO3S. The lowest BCUT2D eigenvalue weighted by Crippen LogP contribution is -2.28. The molecule has 0 saturated carbocycles. The van der Waals surface area contributed by atoms with Gasteiger partial charge in [0.2, 0.25) is 9.05 Å². The van der Waals surface area contributed by atoms with Gasteiger partial charge in [-0.25, -0.2) is 12.8 Å². The molecule has 18 heavy (non-hydrogen) atoms. The maximum atomic E-state index is 13.2. The first-order chi connectivity index (χ1) is 8.09. The average Bonchev–Trinajstić information content (AvgIpc) is 2.16. The van der Waals surface area contributed by atoms with Crippen LogP contribution < -0.4 is 4.74 Å². The van der Waals surface area contributed by atoms with Crippen molar-refractivity contribution in [1.82, 2.24) is 0 Å². The van der Waals surface area contributed by atoms with E-state index in [1.165, 1.54) is 12.1 Å². The Kier molecular flexibility index (Phi) is 5.03. The maximum absolute atomic E-state index is 13.2. The maximum Gasteiger partial charge on any atom is 0.233 e. The van der Waals surface area contributed by atoms with Gasteiger partial charge in [-0.05, 0) is 28.1 Å². The predicted molar refractivity (Wildman–Crippen MR) is 73.0 cm³/mol. The smallest absolute Gasteiger partial charge is 0.233 e. The van der Waals surface area contributed by atoms with Crippen LogP contribution in [0.5, 0.6) is 5.75 Å². The largest absolute Gasteiger partial charge is 0.493 e. The Morgan fingerprint density at radius 3 is 2.56 bits per heavy atom. The van der Waals surface area contributed by atoms with Crippen LogP contribution >= 0.6 is 26.6 Å². The lowest BCUT2D eigenvalue weighted by atomic mass is 9.98. The highest BCUT2D eigenvalue weighted by Crippen LogP contribution is 2.25. The highest BCUT2D eigenvalue weighted by atomic mass is 79.9. The van der Waals surface area contributed by atoms with Gasteiger partial charge >= 0.3 is 0 Å². The number of hydrogen-bond donors (Lipinski definition) is 0. The molecule has 0 spiro atoms. The molecule has 1 aromatic carbocycles. The molecule has 0 aliphatic heterocycles. The lowest BCUT2D eigenvalue weighted by molar-refractivity contribution is 0.199. The van der Waals surface area contributed by atoms with Gasteiger partial charge in [0.05, 0.1) is 16.8 Å². The van der Waals surface area contributed by atoms with E-state index < -0.39 is 20.3 Å². The highest BCUT2D eigenvalue weighted by Gasteiger charge is 2.26. The minimum atomic E-state index is -3.59. The SMILES string of the molecule is CC(C)(COc1ccc(Br)c(F)c1)CS(=O)(=O)Cl. The van der Waals surface area contributed by atoms with E-state index >= 15 is 0 Å². The van der Waals surface area contributed by atoms with E-state index in [9.17, 15) is 12.8 Å². The van der Waals surface area contributed by atoms with Crippen molar-refractivity contribution >= 4 is 35.7 Å². The number of benzene rings is 1. The van der Waals surface area contributed by atoms with E-state index in [0.29, 0.717) is 10.2 Å². The molecule has 0 saturated heterocycles. The molecule has 3 nitrogen and oxygen atoms in total. The molecule has 0 amide bonds. The lowest BCUT2D eigenvalue weighted by Gasteiger charge is -2.23. The number of halogens is 3. The molecule has 0 aliphatic rings. The van der Waals surface area contributed by atoms with E-state index in [0.717, 1.165) is 0 Å². The van der Waals surface area contributed by atoms with Gasteiger partial charge in [-0.15, -0.1) is 0 Å². The van der Waals surface area contributed by atoms with Crippen LogP contribution in [0, 0.1) is 11.2 Å². The van der Waals surface area contributed by atoms with Gasteiger partial charge in [0.15, 0.2) is 0 Å². The summed E-state index contributed by atoms with van der Waals surface area (Å²) in [6, 6.07) is 4.35. The third-order valence-corrected chi connectivity index (χ3v) is 4.18. The number of rotatable bonds is 5. The summed E-state index contributed by atoms with van der Waals surface area (Å²) >= 11 is 3.03. The standard InChI is InChI=1S/C11H13BrClFO3S/c1-11(2,7-18(13,15)16)6-17-8-3-4-9(12)10(14)5-8/h3-5H,6-7H2,1-2H3. The minimum absolute atomic E-state index is 0.125.